The van der Waals surface area contributed by atoms with Crippen molar-refractivity contribution in [3.8, 4) is 5.75 Å². The summed E-state index contributed by atoms with van der Waals surface area (Å²) in [5, 5.41) is 8.92. The molecular formula is C9H8N2O3. The molecule has 0 bridgehead atoms. The van der Waals surface area contributed by atoms with Gasteiger partial charge in [0, 0.05) is 24.5 Å². The van der Waals surface area contributed by atoms with Gasteiger partial charge in [0.1, 0.15) is 17.1 Å². The molecule has 0 aromatic carbocycles. The van der Waals surface area contributed by atoms with Crippen molar-refractivity contribution in [1.29, 1.82) is 0 Å². The third-order valence-corrected chi connectivity index (χ3v) is 1.93. The zero-order valence-electron chi connectivity index (χ0n) is 7.47. The van der Waals surface area contributed by atoms with Crippen molar-refractivity contribution in [1.82, 2.24) is 9.38 Å². The van der Waals surface area contributed by atoms with E-state index in [2.05, 4.69) is 4.98 Å². The van der Waals surface area contributed by atoms with E-state index in [1.807, 2.05) is 0 Å². The Morgan fingerprint density at radius 1 is 1.57 bits per heavy atom. The first-order valence-corrected chi connectivity index (χ1v) is 3.97. The van der Waals surface area contributed by atoms with Gasteiger partial charge in [0.05, 0.1) is 7.11 Å². The molecule has 0 aliphatic rings. The number of ether oxygens (including phenoxy) is 1. The smallest absolute Gasteiger partial charge is 0.353 e. The first-order chi connectivity index (χ1) is 6.72. The molecule has 0 amide bonds. The predicted octanol–water partition coefficient (Wildman–Crippen LogP) is 1.04. The van der Waals surface area contributed by atoms with E-state index in [9.17, 15) is 4.79 Å². The van der Waals surface area contributed by atoms with Crippen LogP contribution in [0.3, 0.4) is 0 Å². The first kappa shape index (κ1) is 8.55. The maximum absolute atomic E-state index is 10.9. The number of carboxylic acid groups (broad SMARTS) is 1. The fourth-order valence-corrected chi connectivity index (χ4v) is 1.28. The molecule has 0 atom stereocenters. The molecule has 0 spiro atoms. The summed E-state index contributed by atoms with van der Waals surface area (Å²) in [5.41, 5.74) is 0.693. The number of imidazole rings is 1. The SMILES string of the molecule is COc1cc(C(=O)O)n2ccnc2c1. The number of aromatic nitrogens is 2. The van der Waals surface area contributed by atoms with E-state index in [0.717, 1.165) is 0 Å². The van der Waals surface area contributed by atoms with Gasteiger partial charge in [0.25, 0.3) is 0 Å². The van der Waals surface area contributed by atoms with E-state index < -0.39 is 5.97 Å². The second-order valence-electron chi connectivity index (χ2n) is 2.74. The molecule has 0 radical (unpaired) electrons. The minimum absolute atomic E-state index is 0.136. The van der Waals surface area contributed by atoms with Gasteiger partial charge in [0.15, 0.2) is 0 Å². The molecule has 0 fully saturated rings. The minimum atomic E-state index is -1.01. The quantitative estimate of drug-likeness (QED) is 0.772. The van der Waals surface area contributed by atoms with Gasteiger partial charge < -0.3 is 9.84 Å². The van der Waals surface area contributed by atoms with Crippen molar-refractivity contribution in [2.45, 2.75) is 0 Å². The van der Waals surface area contributed by atoms with Crippen LogP contribution < -0.4 is 4.74 Å². The van der Waals surface area contributed by atoms with Crippen LogP contribution in [0.1, 0.15) is 10.5 Å². The molecule has 2 rings (SSSR count). The molecular weight excluding hydrogens is 184 g/mol. The van der Waals surface area contributed by atoms with Gasteiger partial charge >= 0.3 is 5.97 Å². The number of nitrogens with zero attached hydrogens (tertiary/aromatic N) is 2. The second-order valence-corrected chi connectivity index (χ2v) is 2.74. The Bertz CT molecular complexity index is 490. The van der Waals surface area contributed by atoms with Crippen LogP contribution in [0.25, 0.3) is 5.65 Å². The predicted molar refractivity (Wildman–Crippen MR) is 48.7 cm³/mol. The summed E-state index contributed by atoms with van der Waals surface area (Å²) in [6.45, 7) is 0. The topological polar surface area (TPSA) is 63.8 Å². The number of rotatable bonds is 2. The Kier molecular flexibility index (Phi) is 1.85. The van der Waals surface area contributed by atoms with Gasteiger partial charge in [-0.05, 0) is 0 Å². The molecule has 14 heavy (non-hydrogen) atoms. The third-order valence-electron chi connectivity index (χ3n) is 1.93. The molecule has 1 N–H and O–H groups in total. The Morgan fingerprint density at radius 2 is 2.36 bits per heavy atom. The average molecular weight is 192 g/mol. The van der Waals surface area contributed by atoms with Crippen molar-refractivity contribution in [2.24, 2.45) is 0 Å². The van der Waals surface area contributed by atoms with Gasteiger partial charge in [-0.25, -0.2) is 9.78 Å². The molecule has 0 aliphatic heterocycles. The molecule has 5 heteroatoms. The molecule has 0 saturated carbocycles. The van der Waals surface area contributed by atoms with Crippen molar-refractivity contribution in [3.63, 3.8) is 0 Å². The first-order valence-electron chi connectivity index (χ1n) is 3.97. The van der Waals surface area contributed by atoms with Gasteiger partial charge in [-0.15, -0.1) is 0 Å². The highest BCUT2D eigenvalue weighted by Crippen LogP contribution is 2.16. The second kappa shape index (κ2) is 3.02. The number of hydrogen-bond donors (Lipinski definition) is 1. The lowest BCUT2D eigenvalue weighted by Gasteiger charge is -2.04. The highest BCUT2D eigenvalue weighted by atomic mass is 16.5. The normalized spacial score (nSPS) is 10.4. The van der Waals surface area contributed by atoms with Crippen LogP contribution in [0.2, 0.25) is 0 Å². The Morgan fingerprint density at radius 3 is 3.00 bits per heavy atom. The Balaban J connectivity index is 2.76. The third kappa shape index (κ3) is 1.19. The van der Waals surface area contributed by atoms with Crippen LogP contribution >= 0.6 is 0 Å². The fourth-order valence-electron chi connectivity index (χ4n) is 1.28. The summed E-state index contributed by atoms with van der Waals surface area (Å²) in [7, 11) is 1.49. The Labute approximate surface area is 79.6 Å². The van der Waals surface area contributed by atoms with Crippen LogP contribution in [0.5, 0.6) is 5.75 Å². The van der Waals surface area contributed by atoms with E-state index in [1.54, 1.807) is 18.5 Å². The van der Waals surface area contributed by atoms with E-state index in [-0.39, 0.29) is 5.69 Å². The van der Waals surface area contributed by atoms with Crippen molar-refractivity contribution < 1.29 is 14.6 Å². The number of hydrogen-bond acceptors (Lipinski definition) is 3. The molecule has 2 aromatic rings. The summed E-state index contributed by atoms with van der Waals surface area (Å²) < 4.78 is 6.46. The number of fused-ring (bicyclic) bond motifs is 1. The maximum atomic E-state index is 10.9. The van der Waals surface area contributed by atoms with Crippen LogP contribution in [0.15, 0.2) is 24.5 Å². The highest BCUT2D eigenvalue weighted by molar-refractivity contribution is 5.87. The van der Waals surface area contributed by atoms with Gasteiger partial charge in [-0.2, -0.15) is 0 Å². The van der Waals surface area contributed by atoms with Crippen LogP contribution in [0.4, 0.5) is 0 Å². The lowest BCUT2D eigenvalue weighted by molar-refractivity contribution is 0.0688. The monoisotopic (exact) mass is 192 g/mol. The standard InChI is InChI=1S/C9H8N2O3/c1-14-6-4-7(9(12)13)11-3-2-10-8(11)5-6/h2-5H,1H3,(H,12,13). The highest BCUT2D eigenvalue weighted by Gasteiger charge is 2.10. The van der Waals surface area contributed by atoms with Gasteiger partial charge in [-0.1, -0.05) is 0 Å². The van der Waals surface area contributed by atoms with Crippen molar-refractivity contribution >= 4 is 11.6 Å². The molecule has 0 unspecified atom stereocenters. The van der Waals surface area contributed by atoms with Crippen molar-refractivity contribution in [3.05, 3.63) is 30.2 Å². The minimum Gasteiger partial charge on any atom is -0.497 e. The number of carbonyl (C=O) groups is 1. The van der Waals surface area contributed by atoms with E-state index in [1.165, 1.54) is 17.6 Å². The van der Waals surface area contributed by atoms with Crippen LogP contribution in [-0.4, -0.2) is 27.6 Å². The number of pyridine rings is 1. The van der Waals surface area contributed by atoms with Crippen molar-refractivity contribution in [2.75, 3.05) is 7.11 Å². The van der Waals surface area contributed by atoms with E-state index in [4.69, 9.17) is 9.84 Å². The zero-order chi connectivity index (χ0) is 10.1. The van der Waals surface area contributed by atoms with Crippen LogP contribution in [-0.2, 0) is 0 Å². The lowest BCUT2D eigenvalue weighted by Crippen LogP contribution is -2.04. The molecule has 72 valence electrons. The summed E-state index contributed by atoms with van der Waals surface area (Å²) >= 11 is 0. The molecule has 2 aromatic heterocycles. The average Bonchev–Trinajstić information content (AvgIpc) is 2.63. The van der Waals surface area contributed by atoms with E-state index >= 15 is 0 Å². The van der Waals surface area contributed by atoms with Gasteiger partial charge in [-0.3, -0.25) is 4.40 Å². The summed E-state index contributed by atoms with van der Waals surface area (Å²) in [5.74, 6) is -0.520. The molecule has 0 aliphatic carbocycles. The number of carboxylic acids is 1. The number of methoxy groups -OCH3 is 1. The van der Waals surface area contributed by atoms with Gasteiger partial charge in [0.2, 0.25) is 0 Å². The van der Waals surface area contributed by atoms with E-state index in [0.29, 0.717) is 11.4 Å². The summed E-state index contributed by atoms with van der Waals surface area (Å²) in [6.07, 6.45) is 3.14. The number of aromatic carboxylic acids is 1. The van der Waals surface area contributed by atoms with Crippen LogP contribution in [0, 0.1) is 0 Å². The summed E-state index contributed by atoms with van der Waals surface area (Å²) in [6, 6.07) is 3.13. The summed E-state index contributed by atoms with van der Waals surface area (Å²) in [4.78, 5) is 14.9. The Hall–Kier alpha value is -2.04. The molecule has 5 nitrogen and oxygen atoms in total. The maximum Gasteiger partial charge on any atom is 0.353 e. The molecule has 0 saturated heterocycles. The fraction of sp³-hybridized carbons (Fsp3) is 0.111. The largest absolute Gasteiger partial charge is 0.497 e. The lowest BCUT2D eigenvalue weighted by atomic mass is 10.3. The molecule has 2 heterocycles. The zero-order valence-corrected chi connectivity index (χ0v) is 7.47.